The maximum Gasteiger partial charge on any atom is 0.0868 e. The Morgan fingerprint density at radius 2 is 1.62 bits per heavy atom. The molecule has 0 saturated heterocycles. The molecule has 4 rings (SSSR count). The van der Waals surface area contributed by atoms with Crippen LogP contribution in [0.25, 0.3) is 10.9 Å². The fraction of sp³-hybridized carbons (Fsp3) is 0.350. The van der Waals surface area contributed by atoms with Crippen LogP contribution in [0.3, 0.4) is 0 Å². The number of hydrogen-bond acceptors (Lipinski definition) is 2. The summed E-state index contributed by atoms with van der Waals surface area (Å²) in [5.41, 5.74) is 3.92. The number of nitrogens with zero attached hydrogens (tertiary/aromatic N) is 3. The molecule has 1 aliphatic heterocycles. The van der Waals surface area contributed by atoms with Gasteiger partial charge in [-0.05, 0) is 50.0 Å². The number of fused-ring (bicyclic) bond motifs is 3. The zero-order valence-electron chi connectivity index (χ0n) is 14.4. The molecular formula is C20H24ClN3. The highest BCUT2D eigenvalue weighted by molar-refractivity contribution is 6.35. The lowest BCUT2D eigenvalue weighted by molar-refractivity contribution is 0.328. The van der Waals surface area contributed by atoms with Gasteiger partial charge in [-0.3, -0.25) is 4.68 Å². The molecule has 3 nitrogen and oxygen atoms in total. The van der Waals surface area contributed by atoms with Crippen LogP contribution in [-0.2, 0) is 19.9 Å². The van der Waals surface area contributed by atoms with Gasteiger partial charge < -0.3 is 4.90 Å². The van der Waals surface area contributed by atoms with Gasteiger partial charge in [-0.2, -0.15) is 5.10 Å². The van der Waals surface area contributed by atoms with E-state index in [0.29, 0.717) is 0 Å². The predicted octanol–water partition coefficient (Wildman–Crippen LogP) is 4.33. The van der Waals surface area contributed by atoms with Crippen LogP contribution >= 0.6 is 11.6 Å². The topological polar surface area (TPSA) is 21.1 Å². The Morgan fingerprint density at radius 3 is 2.29 bits per heavy atom. The second-order valence-electron chi connectivity index (χ2n) is 6.34. The molecule has 0 amide bonds. The number of rotatable bonds is 0. The fourth-order valence-corrected chi connectivity index (χ4v) is 3.64. The average Bonchev–Trinajstić information content (AvgIpc) is 2.97. The smallest absolute Gasteiger partial charge is 0.0868 e. The molecule has 0 saturated carbocycles. The summed E-state index contributed by atoms with van der Waals surface area (Å²) in [6.45, 7) is 2.28. The van der Waals surface area contributed by atoms with Gasteiger partial charge in [0, 0.05) is 19.0 Å². The Balaban J connectivity index is 0.000000238. The zero-order valence-corrected chi connectivity index (χ0v) is 15.1. The van der Waals surface area contributed by atoms with E-state index in [0.717, 1.165) is 29.9 Å². The van der Waals surface area contributed by atoms with Crippen LogP contribution in [0.15, 0.2) is 48.7 Å². The van der Waals surface area contributed by atoms with Gasteiger partial charge >= 0.3 is 0 Å². The summed E-state index contributed by atoms with van der Waals surface area (Å²) >= 11 is 6.39. The minimum Gasteiger partial charge on any atom is -0.306 e. The monoisotopic (exact) mass is 341 g/mol. The zero-order chi connectivity index (χ0) is 16.9. The molecular weight excluding hydrogens is 318 g/mol. The molecule has 24 heavy (non-hydrogen) atoms. The summed E-state index contributed by atoms with van der Waals surface area (Å²) in [4.78, 5) is 2.40. The van der Waals surface area contributed by atoms with E-state index in [9.17, 15) is 0 Å². The number of hydrogen-bond donors (Lipinski definition) is 0. The van der Waals surface area contributed by atoms with E-state index in [-0.39, 0.29) is 0 Å². The van der Waals surface area contributed by atoms with Gasteiger partial charge in [0.1, 0.15) is 0 Å². The second kappa shape index (κ2) is 7.82. The number of likely N-dealkylation sites (N-methyl/N-ethyl adjacent to an activating group) is 1. The summed E-state index contributed by atoms with van der Waals surface area (Å²) < 4.78 is 1.88. The van der Waals surface area contributed by atoms with Gasteiger partial charge in [-0.15, -0.1) is 0 Å². The van der Waals surface area contributed by atoms with Crippen molar-refractivity contribution in [2.24, 2.45) is 7.05 Å². The van der Waals surface area contributed by atoms with Crippen LogP contribution in [0.2, 0.25) is 5.02 Å². The normalized spacial score (nSPS) is 15.1. The van der Waals surface area contributed by atoms with E-state index in [1.807, 2.05) is 54.3 Å². The first-order valence-corrected chi connectivity index (χ1v) is 8.85. The number of benzene rings is 2. The highest BCUT2D eigenvalue weighted by Gasteiger charge is 2.16. The van der Waals surface area contributed by atoms with Crippen LogP contribution in [-0.4, -0.2) is 34.8 Å². The van der Waals surface area contributed by atoms with E-state index < -0.39 is 0 Å². The van der Waals surface area contributed by atoms with Gasteiger partial charge in [0.15, 0.2) is 0 Å². The van der Waals surface area contributed by atoms with Crippen molar-refractivity contribution in [3.8, 4) is 0 Å². The third kappa shape index (κ3) is 3.80. The third-order valence-corrected chi connectivity index (χ3v) is 4.86. The SMILES string of the molecule is CN1CCCc2cc(Cl)c3c(cnn3C)c2CC1.c1ccccc1. The molecule has 126 valence electrons. The van der Waals surface area contributed by atoms with Crippen LogP contribution in [0.4, 0.5) is 0 Å². The Kier molecular flexibility index (Phi) is 5.54. The quantitative estimate of drug-likeness (QED) is 0.606. The summed E-state index contributed by atoms with van der Waals surface area (Å²) in [5.74, 6) is 0. The van der Waals surface area contributed by atoms with Gasteiger partial charge in [0.2, 0.25) is 0 Å². The summed E-state index contributed by atoms with van der Waals surface area (Å²) in [7, 11) is 4.15. The van der Waals surface area contributed by atoms with Crippen molar-refractivity contribution >= 4 is 22.5 Å². The molecule has 0 bridgehead atoms. The molecule has 0 aliphatic carbocycles. The predicted molar refractivity (Wildman–Crippen MR) is 102 cm³/mol. The Morgan fingerprint density at radius 1 is 0.958 bits per heavy atom. The first kappa shape index (κ1) is 17.0. The molecule has 4 heteroatoms. The molecule has 0 fully saturated rings. The minimum atomic E-state index is 0.831. The lowest BCUT2D eigenvalue weighted by Crippen LogP contribution is -2.25. The molecule has 2 heterocycles. The van der Waals surface area contributed by atoms with Crippen molar-refractivity contribution < 1.29 is 0 Å². The molecule has 0 unspecified atom stereocenters. The molecule has 1 aliphatic rings. The molecule has 0 radical (unpaired) electrons. The summed E-state index contributed by atoms with van der Waals surface area (Å²) in [5, 5.41) is 6.42. The van der Waals surface area contributed by atoms with Crippen molar-refractivity contribution in [1.82, 2.24) is 14.7 Å². The lowest BCUT2D eigenvalue weighted by Gasteiger charge is -2.22. The molecule has 0 N–H and O–H groups in total. The fourth-order valence-electron chi connectivity index (χ4n) is 3.28. The van der Waals surface area contributed by atoms with E-state index >= 15 is 0 Å². The summed E-state index contributed by atoms with van der Waals surface area (Å²) in [6.07, 6.45) is 5.36. The largest absolute Gasteiger partial charge is 0.306 e. The molecule has 3 aromatic rings. The van der Waals surface area contributed by atoms with Gasteiger partial charge in [-0.1, -0.05) is 48.0 Å². The van der Waals surface area contributed by atoms with Crippen molar-refractivity contribution in [1.29, 1.82) is 0 Å². The Bertz CT molecular complexity index is 769. The number of aryl methyl sites for hydroxylation is 2. The molecule has 1 aromatic heterocycles. The molecule has 0 spiro atoms. The van der Waals surface area contributed by atoms with Crippen LogP contribution in [0.1, 0.15) is 17.5 Å². The Hall–Kier alpha value is -1.84. The van der Waals surface area contributed by atoms with Gasteiger partial charge in [-0.25, -0.2) is 0 Å². The first-order chi connectivity index (χ1) is 11.7. The van der Waals surface area contributed by atoms with Crippen LogP contribution in [0, 0.1) is 0 Å². The molecule has 0 atom stereocenters. The van der Waals surface area contributed by atoms with E-state index in [1.165, 1.54) is 29.5 Å². The maximum atomic E-state index is 6.39. The van der Waals surface area contributed by atoms with Crippen LogP contribution in [0.5, 0.6) is 0 Å². The average molecular weight is 342 g/mol. The first-order valence-electron chi connectivity index (χ1n) is 8.47. The van der Waals surface area contributed by atoms with E-state index in [4.69, 9.17) is 11.6 Å². The van der Waals surface area contributed by atoms with Crippen LogP contribution < -0.4 is 0 Å². The van der Waals surface area contributed by atoms with Crippen molar-refractivity contribution in [3.63, 3.8) is 0 Å². The second-order valence-corrected chi connectivity index (χ2v) is 6.75. The standard InChI is InChI=1S/C14H18ClN3.C6H6/c1-17-6-3-4-10-8-13(15)14-12(9-16-18(14)2)11(10)5-7-17;1-2-4-6-5-3-1/h8-9H,3-7H2,1-2H3;1-6H. The van der Waals surface area contributed by atoms with Gasteiger partial charge in [0.05, 0.1) is 16.7 Å². The highest BCUT2D eigenvalue weighted by atomic mass is 35.5. The molecule has 2 aromatic carbocycles. The van der Waals surface area contributed by atoms with Crippen molar-refractivity contribution in [3.05, 3.63) is 64.8 Å². The maximum absolute atomic E-state index is 6.39. The van der Waals surface area contributed by atoms with Crippen molar-refractivity contribution in [2.75, 3.05) is 20.1 Å². The minimum absolute atomic E-state index is 0.831. The number of halogens is 1. The van der Waals surface area contributed by atoms with Gasteiger partial charge in [0.25, 0.3) is 0 Å². The van der Waals surface area contributed by atoms with E-state index in [2.05, 4.69) is 23.1 Å². The lowest BCUT2D eigenvalue weighted by atomic mass is 9.95. The Labute approximate surface area is 148 Å². The van der Waals surface area contributed by atoms with E-state index in [1.54, 1.807) is 0 Å². The van der Waals surface area contributed by atoms with Crippen molar-refractivity contribution in [2.45, 2.75) is 19.3 Å². The highest BCUT2D eigenvalue weighted by Crippen LogP contribution is 2.31. The third-order valence-electron chi connectivity index (χ3n) is 4.57. The number of aromatic nitrogens is 2. The summed E-state index contributed by atoms with van der Waals surface area (Å²) in [6, 6.07) is 14.1.